The molecule has 0 bridgehead atoms. The van der Waals surface area contributed by atoms with Crippen LogP contribution in [0.4, 0.5) is 11.6 Å². The van der Waals surface area contributed by atoms with E-state index >= 15 is 0 Å². The van der Waals surface area contributed by atoms with Gasteiger partial charge in [-0.25, -0.2) is 19.6 Å². The highest BCUT2D eigenvalue weighted by Gasteiger charge is 2.21. The molecule has 1 fully saturated rings. The van der Waals surface area contributed by atoms with Crippen LogP contribution in [0.5, 0.6) is 0 Å². The lowest BCUT2D eigenvalue weighted by atomic mass is 10.3. The van der Waals surface area contributed by atoms with E-state index in [4.69, 9.17) is 11.6 Å². The van der Waals surface area contributed by atoms with Gasteiger partial charge in [0.1, 0.15) is 18.0 Å². The van der Waals surface area contributed by atoms with Crippen LogP contribution in [-0.2, 0) is 0 Å². The normalized spacial score (nSPS) is 14.8. The van der Waals surface area contributed by atoms with Gasteiger partial charge in [0.05, 0.1) is 9.50 Å². The second-order valence-corrected chi connectivity index (χ2v) is 6.91. The molecule has 0 spiro atoms. The molecule has 0 radical (unpaired) electrons. The number of piperazine rings is 1. The van der Waals surface area contributed by atoms with Crippen molar-refractivity contribution in [3.05, 3.63) is 52.6 Å². The van der Waals surface area contributed by atoms with Crippen LogP contribution >= 0.6 is 27.5 Å². The minimum Gasteiger partial charge on any atom is -0.353 e. The Morgan fingerprint density at radius 2 is 1.72 bits per heavy atom. The van der Waals surface area contributed by atoms with Crippen LogP contribution < -0.4 is 9.80 Å². The Morgan fingerprint density at radius 3 is 2.44 bits per heavy atom. The molecule has 1 aliphatic rings. The first-order valence-electron chi connectivity index (χ1n) is 7.84. The van der Waals surface area contributed by atoms with Gasteiger partial charge in [0.25, 0.3) is 0 Å². The molecule has 0 unspecified atom stereocenters. The van der Waals surface area contributed by atoms with E-state index in [2.05, 4.69) is 45.8 Å². The predicted molar refractivity (Wildman–Crippen MR) is 101 cm³/mol. The number of pyridine rings is 1. The van der Waals surface area contributed by atoms with Gasteiger partial charge in [0, 0.05) is 50.8 Å². The molecule has 3 aromatic heterocycles. The lowest BCUT2D eigenvalue weighted by molar-refractivity contribution is 0.639. The fourth-order valence-electron chi connectivity index (χ4n) is 2.83. The van der Waals surface area contributed by atoms with Crippen LogP contribution in [0.1, 0.15) is 0 Å². The molecule has 0 amide bonds. The van der Waals surface area contributed by atoms with Crippen molar-refractivity contribution in [3.63, 3.8) is 0 Å². The number of hydrogen-bond acceptors (Lipinski definition) is 6. The molecule has 7 nitrogen and oxygen atoms in total. The fourth-order valence-corrected chi connectivity index (χ4v) is 3.72. The average molecular weight is 421 g/mol. The molecule has 0 aromatic carbocycles. The van der Waals surface area contributed by atoms with Crippen molar-refractivity contribution in [1.29, 1.82) is 0 Å². The zero-order chi connectivity index (χ0) is 17.2. The van der Waals surface area contributed by atoms with Crippen LogP contribution in [0.3, 0.4) is 0 Å². The van der Waals surface area contributed by atoms with E-state index < -0.39 is 0 Å². The molecule has 0 N–H and O–H groups in total. The van der Waals surface area contributed by atoms with Crippen molar-refractivity contribution in [1.82, 2.24) is 24.7 Å². The molecule has 1 saturated heterocycles. The molecule has 4 rings (SSSR count). The van der Waals surface area contributed by atoms with Crippen molar-refractivity contribution in [3.8, 4) is 5.82 Å². The molecule has 128 valence electrons. The Hall–Kier alpha value is -2.19. The average Bonchev–Trinajstić information content (AvgIpc) is 3.17. The molecule has 9 heteroatoms. The van der Waals surface area contributed by atoms with Crippen molar-refractivity contribution in [2.45, 2.75) is 0 Å². The number of rotatable bonds is 3. The molecule has 0 atom stereocenters. The number of nitrogens with zero attached hydrogens (tertiary/aromatic N) is 7. The van der Waals surface area contributed by atoms with Gasteiger partial charge in [-0.05, 0) is 28.1 Å². The van der Waals surface area contributed by atoms with E-state index in [0.717, 1.165) is 48.1 Å². The predicted octanol–water partition coefficient (Wildman–Crippen LogP) is 2.80. The van der Waals surface area contributed by atoms with Gasteiger partial charge in [-0.3, -0.25) is 0 Å². The summed E-state index contributed by atoms with van der Waals surface area (Å²) in [5.74, 6) is 2.59. The van der Waals surface area contributed by atoms with Crippen molar-refractivity contribution in [2.75, 3.05) is 36.0 Å². The minimum absolute atomic E-state index is 0.626. The second kappa shape index (κ2) is 6.97. The van der Waals surface area contributed by atoms with E-state index in [1.54, 1.807) is 23.4 Å². The van der Waals surface area contributed by atoms with Crippen molar-refractivity contribution < 1.29 is 0 Å². The van der Waals surface area contributed by atoms with Gasteiger partial charge in [0.2, 0.25) is 0 Å². The lowest BCUT2D eigenvalue weighted by Gasteiger charge is -2.36. The first-order valence-corrected chi connectivity index (χ1v) is 9.01. The molecule has 0 aliphatic carbocycles. The molecule has 25 heavy (non-hydrogen) atoms. The highest BCUT2D eigenvalue weighted by molar-refractivity contribution is 9.10. The van der Waals surface area contributed by atoms with Crippen LogP contribution in [0.25, 0.3) is 5.82 Å². The number of anilines is 2. The zero-order valence-electron chi connectivity index (χ0n) is 13.3. The van der Waals surface area contributed by atoms with E-state index in [-0.39, 0.29) is 0 Å². The number of halogens is 2. The van der Waals surface area contributed by atoms with Crippen molar-refractivity contribution >= 4 is 39.2 Å². The summed E-state index contributed by atoms with van der Waals surface area (Å²) in [5, 5.41) is 4.84. The third-order valence-corrected chi connectivity index (χ3v) is 4.86. The van der Waals surface area contributed by atoms with Gasteiger partial charge in [-0.15, -0.1) is 0 Å². The SMILES string of the molecule is Clc1cnc(N2CCN(c3cc(-n4cccn4)ncn3)CC2)c(Br)c1. The number of aromatic nitrogens is 5. The van der Waals surface area contributed by atoms with Crippen LogP contribution in [0.15, 0.2) is 47.6 Å². The highest BCUT2D eigenvalue weighted by Crippen LogP contribution is 2.27. The summed E-state index contributed by atoms with van der Waals surface area (Å²) in [7, 11) is 0. The highest BCUT2D eigenvalue weighted by atomic mass is 79.9. The first-order chi connectivity index (χ1) is 12.2. The lowest BCUT2D eigenvalue weighted by Crippen LogP contribution is -2.47. The Bertz CT molecular complexity index is 863. The Kier molecular flexibility index (Phi) is 4.54. The number of hydrogen-bond donors (Lipinski definition) is 0. The molecular formula is C16H15BrClN7. The standard InChI is InChI=1S/C16H15BrClN7/c17-13-8-12(18)10-19-16(13)24-6-4-23(5-7-24)14-9-15(21-11-20-14)25-3-1-2-22-25/h1-3,8-11H,4-7H2. The largest absolute Gasteiger partial charge is 0.353 e. The first kappa shape index (κ1) is 16.3. The van der Waals surface area contributed by atoms with E-state index in [1.807, 2.05) is 24.4 Å². The Balaban J connectivity index is 1.48. The third kappa shape index (κ3) is 3.45. The summed E-state index contributed by atoms with van der Waals surface area (Å²) in [6, 6.07) is 5.70. The molecule has 4 heterocycles. The zero-order valence-corrected chi connectivity index (χ0v) is 15.6. The van der Waals surface area contributed by atoms with Crippen LogP contribution in [0.2, 0.25) is 5.02 Å². The smallest absolute Gasteiger partial charge is 0.158 e. The van der Waals surface area contributed by atoms with Gasteiger partial charge < -0.3 is 9.80 Å². The van der Waals surface area contributed by atoms with E-state index in [9.17, 15) is 0 Å². The summed E-state index contributed by atoms with van der Waals surface area (Å²) >= 11 is 9.52. The maximum atomic E-state index is 5.98. The minimum atomic E-state index is 0.626. The third-order valence-electron chi connectivity index (χ3n) is 4.07. The van der Waals surface area contributed by atoms with Gasteiger partial charge in [-0.2, -0.15) is 5.10 Å². The summed E-state index contributed by atoms with van der Waals surface area (Å²) in [4.78, 5) is 17.6. The van der Waals surface area contributed by atoms with E-state index in [1.165, 1.54) is 0 Å². The van der Waals surface area contributed by atoms with Crippen LogP contribution in [0, 0.1) is 0 Å². The summed E-state index contributed by atoms with van der Waals surface area (Å²) in [6.07, 6.45) is 6.86. The monoisotopic (exact) mass is 419 g/mol. The van der Waals surface area contributed by atoms with Crippen LogP contribution in [-0.4, -0.2) is 50.9 Å². The van der Waals surface area contributed by atoms with Gasteiger partial charge in [0.15, 0.2) is 5.82 Å². The molecule has 3 aromatic rings. The Labute approximate surface area is 158 Å². The topological polar surface area (TPSA) is 63.0 Å². The van der Waals surface area contributed by atoms with Crippen molar-refractivity contribution in [2.24, 2.45) is 0 Å². The summed E-state index contributed by atoms with van der Waals surface area (Å²) in [6.45, 7) is 3.42. The molecule has 0 saturated carbocycles. The summed E-state index contributed by atoms with van der Waals surface area (Å²) < 4.78 is 2.65. The van der Waals surface area contributed by atoms with Gasteiger partial charge >= 0.3 is 0 Å². The summed E-state index contributed by atoms with van der Waals surface area (Å²) in [5.41, 5.74) is 0. The Morgan fingerprint density at radius 1 is 0.960 bits per heavy atom. The van der Waals surface area contributed by atoms with Gasteiger partial charge in [-0.1, -0.05) is 11.6 Å². The quantitative estimate of drug-likeness (QED) is 0.649. The second-order valence-electron chi connectivity index (χ2n) is 5.62. The maximum absolute atomic E-state index is 5.98. The molecular weight excluding hydrogens is 406 g/mol. The fraction of sp³-hybridized carbons (Fsp3) is 0.250. The molecule has 1 aliphatic heterocycles. The maximum Gasteiger partial charge on any atom is 0.158 e. The van der Waals surface area contributed by atoms with E-state index in [0.29, 0.717) is 5.02 Å².